The summed E-state index contributed by atoms with van der Waals surface area (Å²) in [6.07, 6.45) is 0. The van der Waals surface area contributed by atoms with Crippen LogP contribution >= 0.6 is 12.2 Å². The van der Waals surface area contributed by atoms with Crippen LogP contribution in [0.5, 0.6) is 11.5 Å². The van der Waals surface area contributed by atoms with E-state index in [1.54, 1.807) is 38.3 Å². The van der Waals surface area contributed by atoms with Crippen LogP contribution in [0.2, 0.25) is 0 Å². The molecule has 0 saturated carbocycles. The molecule has 0 aliphatic heterocycles. The molecule has 7 heteroatoms. The second-order valence-corrected chi connectivity index (χ2v) is 4.15. The minimum absolute atomic E-state index is 0.260. The number of nitrogens with two attached hydrogens (primary N) is 1. The first-order valence-corrected chi connectivity index (χ1v) is 6.54. The van der Waals surface area contributed by atoms with Crippen molar-refractivity contribution in [2.24, 2.45) is 5.73 Å². The van der Waals surface area contributed by atoms with Gasteiger partial charge in [0.05, 0.1) is 19.7 Å². The van der Waals surface area contributed by atoms with E-state index < -0.39 is 0 Å². The van der Waals surface area contributed by atoms with Crippen molar-refractivity contribution in [3.8, 4) is 11.5 Å². The van der Waals surface area contributed by atoms with E-state index in [4.69, 9.17) is 32.8 Å². The van der Waals surface area contributed by atoms with Crippen LogP contribution in [0, 0.1) is 5.41 Å². The molecule has 0 aliphatic carbocycles. The van der Waals surface area contributed by atoms with Gasteiger partial charge in [0.1, 0.15) is 5.84 Å². The zero-order valence-electron chi connectivity index (χ0n) is 11.9. The topological polar surface area (TPSA) is 83.6 Å². The summed E-state index contributed by atoms with van der Waals surface area (Å²) in [6, 6.07) is 3.53. The Morgan fingerprint density at radius 3 is 2.45 bits per heavy atom. The molecule has 0 bridgehead atoms. The van der Waals surface area contributed by atoms with Crippen LogP contribution in [-0.2, 0) is 0 Å². The number of ether oxygens (including phenoxy) is 2. The summed E-state index contributed by atoms with van der Waals surface area (Å²) in [5.41, 5.74) is 8.37. The number of methoxy groups -OCH3 is 2. The first kappa shape index (κ1) is 16.2. The van der Waals surface area contributed by atoms with Crippen molar-refractivity contribution < 1.29 is 9.47 Å². The van der Waals surface area contributed by atoms with E-state index >= 15 is 0 Å². The van der Waals surface area contributed by atoms with Crippen molar-refractivity contribution in [2.45, 2.75) is 0 Å². The Morgan fingerprint density at radius 1 is 1.40 bits per heavy atom. The summed E-state index contributed by atoms with van der Waals surface area (Å²) in [5, 5.41) is 11.3. The first-order valence-electron chi connectivity index (χ1n) is 6.07. The fourth-order valence-corrected chi connectivity index (χ4v) is 2.00. The molecule has 1 aromatic rings. The van der Waals surface area contributed by atoms with Gasteiger partial charge in [0, 0.05) is 37.5 Å². The van der Waals surface area contributed by atoms with Gasteiger partial charge in [-0.15, -0.1) is 0 Å². The lowest BCUT2D eigenvalue weighted by Gasteiger charge is -2.22. The van der Waals surface area contributed by atoms with Crippen molar-refractivity contribution in [3.63, 3.8) is 0 Å². The molecule has 0 aromatic heterocycles. The average molecular weight is 296 g/mol. The van der Waals surface area contributed by atoms with Gasteiger partial charge in [-0.3, -0.25) is 5.41 Å². The number of nitrogens with zero attached hydrogens (tertiary/aromatic N) is 1. The van der Waals surface area contributed by atoms with E-state index in [2.05, 4.69) is 5.32 Å². The Kier molecular flexibility index (Phi) is 6.20. The average Bonchev–Trinajstić information content (AvgIpc) is 2.50. The fraction of sp³-hybridized carbons (Fsp3) is 0.385. The highest BCUT2D eigenvalue weighted by Crippen LogP contribution is 2.33. The number of anilines is 1. The molecule has 0 saturated heterocycles. The van der Waals surface area contributed by atoms with Crippen LogP contribution in [0.15, 0.2) is 12.1 Å². The van der Waals surface area contributed by atoms with E-state index in [9.17, 15) is 0 Å². The van der Waals surface area contributed by atoms with Crippen molar-refractivity contribution in [2.75, 3.05) is 39.7 Å². The van der Waals surface area contributed by atoms with Gasteiger partial charge in [-0.25, -0.2) is 0 Å². The summed E-state index contributed by atoms with van der Waals surface area (Å²) in [4.78, 5) is 1.61. The molecule has 1 aromatic carbocycles. The molecule has 0 heterocycles. The molecular weight excluding hydrogens is 276 g/mol. The molecule has 0 unspecified atom stereocenters. The van der Waals surface area contributed by atoms with Crippen LogP contribution in [0.25, 0.3) is 0 Å². The highest BCUT2D eigenvalue weighted by Gasteiger charge is 2.17. The molecule has 0 spiro atoms. The van der Waals surface area contributed by atoms with Gasteiger partial charge in [-0.2, -0.15) is 0 Å². The van der Waals surface area contributed by atoms with Gasteiger partial charge in [0.15, 0.2) is 11.5 Å². The number of rotatable bonds is 7. The Hall–Kier alpha value is -1.86. The predicted octanol–water partition coefficient (Wildman–Crippen LogP) is 1.29. The first-order chi connectivity index (χ1) is 9.62. The third-order valence-electron chi connectivity index (χ3n) is 2.83. The van der Waals surface area contributed by atoms with Crippen molar-refractivity contribution >= 4 is 29.2 Å². The predicted molar refractivity (Wildman–Crippen MR) is 85.3 cm³/mol. The molecule has 0 amide bonds. The summed E-state index contributed by atoms with van der Waals surface area (Å²) in [5.74, 6) is 1.42. The molecule has 0 radical (unpaired) electrons. The zero-order valence-corrected chi connectivity index (χ0v) is 12.7. The van der Waals surface area contributed by atoms with E-state index in [0.717, 1.165) is 5.69 Å². The number of hydrogen-bond donors (Lipinski definition) is 3. The molecule has 0 fully saturated rings. The van der Waals surface area contributed by atoms with Gasteiger partial charge in [0.25, 0.3) is 0 Å². The number of thiocarbonyl (C=S) groups is 1. The molecule has 6 nitrogen and oxygen atoms in total. The maximum atomic E-state index is 8.27. The van der Waals surface area contributed by atoms with Crippen LogP contribution in [0.4, 0.5) is 5.69 Å². The summed E-state index contributed by atoms with van der Waals surface area (Å²) in [6.45, 7) is 0.900. The van der Waals surface area contributed by atoms with Crippen LogP contribution in [-0.4, -0.2) is 50.6 Å². The van der Waals surface area contributed by atoms with Crippen LogP contribution < -0.4 is 20.5 Å². The largest absolute Gasteiger partial charge is 0.493 e. The number of amidine groups is 1. The summed E-state index contributed by atoms with van der Waals surface area (Å²) in [7, 11) is 4.91. The molecule has 4 N–H and O–H groups in total. The quantitative estimate of drug-likeness (QED) is 0.399. The number of nitrogens with one attached hydrogen (secondary N) is 2. The second-order valence-electron chi connectivity index (χ2n) is 3.94. The van der Waals surface area contributed by atoms with Gasteiger partial charge < -0.3 is 25.4 Å². The lowest BCUT2D eigenvalue weighted by molar-refractivity contribution is 0.355. The van der Waals surface area contributed by atoms with E-state index in [1.807, 2.05) is 0 Å². The lowest BCUT2D eigenvalue weighted by Crippen LogP contribution is -2.34. The third kappa shape index (κ3) is 3.37. The van der Waals surface area contributed by atoms with E-state index in [0.29, 0.717) is 30.2 Å². The highest BCUT2D eigenvalue weighted by molar-refractivity contribution is 7.78. The standard InChI is InChI=1S/C13H20N4O2S/c1-16-10-7-12(19-3)11(18-2)6-9(10)13(15)17(8-20)5-4-14/h6-8,15-16H,4-5,14H2,1-3H3. The molecule has 110 valence electrons. The third-order valence-corrected chi connectivity index (χ3v) is 3.09. The number of benzene rings is 1. The van der Waals surface area contributed by atoms with Gasteiger partial charge in [-0.05, 0) is 6.07 Å². The fourth-order valence-electron chi connectivity index (χ4n) is 1.79. The minimum Gasteiger partial charge on any atom is -0.493 e. The molecule has 20 heavy (non-hydrogen) atoms. The highest BCUT2D eigenvalue weighted by atomic mass is 32.1. The maximum Gasteiger partial charge on any atom is 0.162 e. The Balaban J connectivity index is 3.27. The minimum atomic E-state index is 0.260. The van der Waals surface area contributed by atoms with Gasteiger partial charge >= 0.3 is 0 Å². The smallest absolute Gasteiger partial charge is 0.162 e. The SMILES string of the molecule is CNc1cc(OC)c(OC)cc1C(=N)N(C=S)CCN. The summed E-state index contributed by atoms with van der Waals surface area (Å²) < 4.78 is 10.5. The molecular formula is C13H20N4O2S. The van der Waals surface area contributed by atoms with Crippen molar-refractivity contribution in [1.29, 1.82) is 5.41 Å². The lowest BCUT2D eigenvalue weighted by atomic mass is 10.1. The monoisotopic (exact) mass is 296 g/mol. The Bertz CT molecular complexity index is 494. The second kappa shape index (κ2) is 7.66. The summed E-state index contributed by atoms with van der Waals surface area (Å²) >= 11 is 4.93. The maximum absolute atomic E-state index is 8.27. The normalized spacial score (nSPS) is 9.80. The van der Waals surface area contributed by atoms with E-state index in [1.165, 1.54) is 5.49 Å². The number of hydrogen-bond acceptors (Lipinski definition) is 6. The van der Waals surface area contributed by atoms with Gasteiger partial charge in [-0.1, -0.05) is 12.2 Å². The Labute approximate surface area is 124 Å². The van der Waals surface area contributed by atoms with Crippen LogP contribution in [0.3, 0.4) is 0 Å². The van der Waals surface area contributed by atoms with Crippen LogP contribution in [0.1, 0.15) is 5.56 Å². The zero-order chi connectivity index (χ0) is 15.1. The molecule has 0 aliphatic rings. The van der Waals surface area contributed by atoms with Crippen molar-refractivity contribution in [1.82, 2.24) is 4.90 Å². The van der Waals surface area contributed by atoms with Gasteiger partial charge in [0.2, 0.25) is 0 Å². The van der Waals surface area contributed by atoms with Crippen molar-refractivity contribution in [3.05, 3.63) is 17.7 Å². The molecule has 1 rings (SSSR count). The Morgan fingerprint density at radius 2 is 2.00 bits per heavy atom. The van der Waals surface area contributed by atoms with E-state index in [-0.39, 0.29) is 5.84 Å². The molecule has 0 atom stereocenters.